The molecule has 0 saturated heterocycles. The monoisotopic (exact) mass is 585 g/mol. The fraction of sp³-hybridized carbons (Fsp3) is 0.0769. The number of rotatable bonds is 7. The maximum Gasteiger partial charge on any atom is 0.129 e. The molecule has 0 unspecified atom stereocenters. The molecule has 0 spiro atoms. The quantitative estimate of drug-likeness (QED) is 0.184. The van der Waals surface area contributed by atoms with E-state index in [1.54, 1.807) is 11.3 Å². The molecule has 0 amide bonds. The van der Waals surface area contributed by atoms with Gasteiger partial charge in [0.2, 0.25) is 0 Å². The SMILES string of the molecule is [B]c1sc2ccccc2c1-c1c(CCCc2sc3ccccc3c2Nc2ccc3ccccc3c2)ccc2ccccc12. The number of fused-ring (bicyclic) bond motifs is 4. The van der Waals surface area contributed by atoms with Crippen molar-refractivity contribution in [1.29, 1.82) is 0 Å². The van der Waals surface area contributed by atoms with Crippen molar-refractivity contribution in [2.24, 2.45) is 0 Å². The van der Waals surface area contributed by atoms with Crippen LogP contribution in [0.4, 0.5) is 11.4 Å². The molecule has 4 heteroatoms. The lowest BCUT2D eigenvalue weighted by Crippen LogP contribution is -2.03. The number of thiophene rings is 2. The van der Waals surface area contributed by atoms with Gasteiger partial charge in [-0.3, -0.25) is 0 Å². The summed E-state index contributed by atoms with van der Waals surface area (Å²) in [7, 11) is 6.75. The lowest BCUT2D eigenvalue weighted by molar-refractivity contribution is 0.834. The summed E-state index contributed by atoms with van der Waals surface area (Å²) in [6.07, 6.45) is 3.03. The summed E-state index contributed by atoms with van der Waals surface area (Å²) in [5.74, 6) is 0. The van der Waals surface area contributed by atoms with Crippen LogP contribution < -0.4 is 10.1 Å². The van der Waals surface area contributed by atoms with Gasteiger partial charge < -0.3 is 5.32 Å². The molecule has 0 aliphatic carbocycles. The van der Waals surface area contributed by atoms with E-state index >= 15 is 0 Å². The van der Waals surface area contributed by atoms with Gasteiger partial charge in [0.15, 0.2) is 0 Å². The molecule has 0 aliphatic heterocycles. The fourth-order valence-electron chi connectivity index (χ4n) is 6.40. The number of benzene rings is 6. The number of hydrogen-bond acceptors (Lipinski definition) is 3. The molecule has 0 aliphatic rings. The molecule has 0 fully saturated rings. The third-order valence-electron chi connectivity index (χ3n) is 8.43. The van der Waals surface area contributed by atoms with Crippen LogP contribution in [-0.2, 0) is 12.8 Å². The first-order valence-corrected chi connectivity index (χ1v) is 16.4. The van der Waals surface area contributed by atoms with E-state index in [0.717, 1.165) is 29.7 Å². The summed E-state index contributed by atoms with van der Waals surface area (Å²) in [6.45, 7) is 0. The van der Waals surface area contributed by atoms with Crippen molar-refractivity contribution >= 4 is 88.4 Å². The largest absolute Gasteiger partial charge is 0.354 e. The lowest BCUT2D eigenvalue weighted by Gasteiger charge is -2.15. The molecule has 1 N–H and O–H groups in total. The number of aryl methyl sites for hydroxylation is 2. The molecule has 0 atom stereocenters. The van der Waals surface area contributed by atoms with Crippen LogP contribution in [0.15, 0.2) is 127 Å². The predicted molar refractivity (Wildman–Crippen MR) is 191 cm³/mol. The van der Waals surface area contributed by atoms with Crippen LogP contribution >= 0.6 is 22.7 Å². The topological polar surface area (TPSA) is 12.0 Å². The van der Waals surface area contributed by atoms with E-state index in [1.807, 2.05) is 11.3 Å². The Bertz CT molecular complexity index is 2280. The van der Waals surface area contributed by atoms with Crippen molar-refractivity contribution in [2.45, 2.75) is 19.3 Å². The average Bonchev–Trinajstić information content (AvgIpc) is 3.57. The van der Waals surface area contributed by atoms with Gasteiger partial charge in [-0.1, -0.05) is 103 Å². The molecule has 2 aromatic heterocycles. The molecule has 204 valence electrons. The van der Waals surface area contributed by atoms with Gasteiger partial charge in [0, 0.05) is 25.4 Å². The maximum atomic E-state index is 6.75. The van der Waals surface area contributed by atoms with Crippen LogP contribution in [-0.4, -0.2) is 7.85 Å². The minimum Gasteiger partial charge on any atom is -0.354 e. The first-order valence-electron chi connectivity index (χ1n) is 14.8. The normalized spacial score (nSPS) is 11.6. The van der Waals surface area contributed by atoms with E-state index in [-0.39, 0.29) is 0 Å². The molecule has 8 rings (SSSR count). The summed E-state index contributed by atoms with van der Waals surface area (Å²) in [5.41, 5.74) is 6.20. The third kappa shape index (κ3) is 4.81. The average molecular weight is 586 g/mol. The molecule has 2 heterocycles. The standard InChI is InChI=1S/C39H28BNS2/c40-39-37(31-15-5-7-17-33(31)43-39)36-27(21-20-26-11-3-4-14-30(26)36)13-9-19-35-38(32-16-6-8-18-34(32)42-35)41-29-23-22-25-10-1-2-12-28(25)24-29/h1-8,10-12,14-18,20-24,41H,9,13,19H2. The number of hydrogen-bond donors (Lipinski definition) is 1. The van der Waals surface area contributed by atoms with Gasteiger partial charge in [0.1, 0.15) is 7.85 Å². The molecule has 0 saturated carbocycles. The summed E-state index contributed by atoms with van der Waals surface area (Å²) in [6, 6.07) is 45.8. The van der Waals surface area contributed by atoms with Gasteiger partial charge in [-0.2, -0.15) is 11.3 Å². The van der Waals surface area contributed by atoms with Gasteiger partial charge >= 0.3 is 0 Å². The van der Waals surface area contributed by atoms with Crippen LogP contribution in [0.2, 0.25) is 0 Å². The van der Waals surface area contributed by atoms with Crippen LogP contribution in [0, 0.1) is 0 Å². The molecule has 0 bridgehead atoms. The summed E-state index contributed by atoms with van der Waals surface area (Å²) >= 11 is 3.60. The Kier molecular flexibility index (Phi) is 6.74. The minimum absolute atomic E-state index is 0.894. The Morgan fingerprint density at radius 1 is 0.535 bits per heavy atom. The second kappa shape index (κ2) is 11.0. The van der Waals surface area contributed by atoms with Crippen molar-refractivity contribution in [2.75, 3.05) is 5.32 Å². The van der Waals surface area contributed by atoms with Gasteiger partial charge in [-0.05, 0) is 91.9 Å². The Morgan fingerprint density at radius 2 is 1.19 bits per heavy atom. The van der Waals surface area contributed by atoms with Crippen molar-refractivity contribution in [3.05, 3.63) is 138 Å². The Labute approximate surface area is 260 Å². The van der Waals surface area contributed by atoms with Gasteiger partial charge in [-0.15, -0.1) is 11.3 Å². The Hall–Kier alpha value is -4.38. The van der Waals surface area contributed by atoms with E-state index in [4.69, 9.17) is 7.85 Å². The lowest BCUT2D eigenvalue weighted by atomic mass is 9.86. The smallest absolute Gasteiger partial charge is 0.129 e. The highest BCUT2D eigenvalue weighted by Gasteiger charge is 2.18. The zero-order chi connectivity index (χ0) is 28.8. The molecular weight excluding hydrogens is 557 g/mol. The number of anilines is 2. The van der Waals surface area contributed by atoms with Crippen LogP contribution in [0.1, 0.15) is 16.9 Å². The van der Waals surface area contributed by atoms with Gasteiger partial charge in [-0.25, -0.2) is 0 Å². The van der Waals surface area contributed by atoms with Crippen molar-refractivity contribution in [1.82, 2.24) is 0 Å². The van der Waals surface area contributed by atoms with Gasteiger partial charge in [0.05, 0.1) is 5.69 Å². The second-order valence-electron chi connectivity index (χ2n) is 11.1. The van der Waals surface area contributed by atoms with Crippen LogP contribution in [0.5, 0.6) is 0 Å². The minimum atomic E-state index is 0.894. The van der Waals surface area contributed by atoms with Crippen molar-refractivity contribution < 1.29 is 0 Å². The third-order valence-corrected chi connectivity index (χ3v) is 10.7. The first-order chi connectivity index (χ1) is 21.2. The Balaban J connectivity index is 1.15. The summed E-state index contributed by atoms with van der Waals surface area (Å²) in [5, 5.41) is 11.4. The molecular formula is C39H28BNS2. The van der Waals surface area contributed by atoms with E-state index in [2.05, 4.69) is 133 Å². The fourth-order valence-corrected chi connectivity index (χ4v) is 8.58. The van der Waals surface area contributed by atoms with Crippen LogP contribution in [0.3, 0.4) is 0 Å². The van der Waals surface area contributed by atoms with E-state index in [1.165, 1.54) is 69.0 Å². The van der Waals surface area contributed by atoms with E-state index in [9.17, 15) is 0 Å². The van der Waals surface area contributed by atoms with Gasteiger partial charge in [0.25, 0.3) is 0 Å². The molecule has 1 nitrogen and oxygen atoms in total. The molecule has 2 radical (unpaired) electrons. The summed E-state index contributed by atoms with van der Waals surface area (Å²) < 4.78 is 3.46. The molecule has 43 heavy (non-hydrogen) atoms. The molecule has 8 aromatic rings. The zero-order valence-corrected chi connectivity index (χ0v) is 25.3. The highest BCUT2D eigenvalue weighted by molar-refractivity contribution is 7.27. The Morgan fingerprint density at radius 3 is 2.02 bits per heavy atom. The highest BCUT2D eigenvalue weighted by Crippen LogP contribution is 2.41. The maximum absolute atomic E-state index is 6.75. The van der Waals surface area contributed by atoms with Crippen LogP contribution in [0.25, 0.3) is 52.8 Å². The zero-order valence-electron chi connectivity index (χ0n) is 23.6. The number of nitrogens with one attached hydrogen (secondary N) is 1. The van der Waals surface area contributed by atoms with Crippen molar-refractivity contribution in [3.8, 4) is 11.1 Å². The molecule has 6 aromatic carbocycles. The van der Waals surface area contributed by atoms with Crippen molar-refractivity contribution in [3.63, 3.8) is 0 Å². The summed E-state index contributed by atoms with van der Waals surface area (Å²) in [4.78, 5) is 1.40. The first kappa shape index (κ1) is 26.3. The predicted octanol–water partition coefficient (Wildman–Crippen LogP) is 10.8. The van der Waals surface area contributed by atoms with E-state index in [0.29, 0.717) is 0 Å². The highest BCUT2D eigenvalue weighted by atomic mass is 32.1. The second-order valence-corrected chi connectivity index (χ2v) is 13.3. The van der Waals surface area contributed by atoms with E-state index < -0.39 is 0 Å².